The number of nitrogens with zero attached hydrogens (tertiary/aromatic N) is 3. The summed E-state index contributed by atoms with van der Waals surface area (Å²) in [6.07, 6.45) is 0. The fraction of sp³-hybridized carbons (Fsp3) is 0.226. The Hall–Kier alpha value is -4.77. The van der Waals surface area contributed by atoms with Crippen LogP contribution in [0.15, 0.2) is 78.0 Å². The van der Waals surface area contributed by atoms with E-state index in [-0.39, 0.29) is 36.5 Å². The maximum atomic E-state index is 14.1. The van der Waals surface area contributed by atoms with Crippen molar-refractivity contribution in [1.29, 1.82) is 0 Å². The number of fused-ring (bicyclic) bond motifs is 1. The summed E-state index contributed by atoms with van der Waals surface area (Å²) in [5, 5.41) is 13.7. The lowest BCUT2D eigenvalue weighted by molar-refractivity contribution is -0.137. The molecule has 1 unspecified atom stereocenters. The molecule has 0 radical (unpaired) electrons. The number of carbonyl (C=O) groups is 2. The second-order valence-corrected chi connectivity index (χ2v) is 10.6. The molecule has 1 atom stereocenters. The molecule has 1 aromatic heterocycles. The number of carbonyl (C=O) groups excluding carboxylic acids is 2. The third-order valence-corrected chi connectivity index (χ3v) is 7.35. The van der Waals surface area contributed by atoms with Gasteiger partial charge in [-0.25, -0.2) is 9.97 Å². The topological polar surface area (TPSA) is 123 Å². The first-order valence-electron chi connectivity index (χ1n) is 13.2. The molecular weight excluding hydrogens is 556 g/mol. The molecule has 0 fully saturated rings. The lowest BCUT2D eigenvalue weighted by Gasteiger charge is -2.32. The minimum absolute atomic E-state index is 0.00124. The molecule has 2 heterocycles. The molecule has 0 saturated heterocycles. The zero-order valence-corrected chi connectivity index (χ0v) is 24.2. The van der Waals surface area contributed by atoms with E-state index in [1.54, 1.807) is 30.3 Å². The Morgan fingerprint density at radius 3 is 2.48 bits per heavy atom. The van der Waals surface area contributed by atoms with Crippen LogP contribution < -0.4 is 19.5 Å². The fourth-order valence-electron chi connectivity index (χ4n) is 4.59. The van der Waals surface area contributed by atoms with Crippen LogP contribution in [0.4, 0.5) is 5.69 Å². The molecule has 0 bridgehead atoms. The Kier molecular flexibility index (Phi) is 8.77. The van der Waals surface area contributed by atoms with Gasteiger partial charge < -0.3 is 29.5 Å². The number of anilines is 1. The number of hydrogen-bond donors (Lipinski definition) is 2. The molecule has 42 heavy (non-hydrogen) atoms. The Labute approximate surface area is 247 Å². The second kappa shape index (κ2) is 12.8. The van der Waals surface area contributed by atoms with Gasteiger partial charge in [-0.15, -0.1) is 0 Å². The zero-order valence-electron chi connectivity index (χ0n) is 23.4. The van der Waals surface area contributed by atoms with E-state index >= 15 is 0 Å². The van der Waals surface area contributed by atoms with Gasteiger partial charge in [0.05, 0.1) is 12.9 Å². The molecule has 216 valence electrons. The number of benzene rings is 3. The number of rotatable bonds is 10. The van der Waals surface area contributed by atoms with Crippen molar-refractivity contribution in [2.45, 2.75) is 31.6 Å². The van der Waals surface area contributed by atoms with E-state index in [0.29, 0.717) is 27.9 Å². The number of nitrogens with one attached hydrogen (secondary N) is 1. The molecule has 1 aliphatic heterocycles. The lowest BCUT2D eigenvalue weighted by Crippen LogP contribution is -2.41. The highest BCUT2D eigenvalue weighted by molar-refractivity contribution is 7.99. The van der Waals surface area contributed by atoms with Crippen LogP contribution in [0.5, 0.6) is 23.0 Å². The fourth-order valence-corrected chi connectivity index (χ4v) is 5.43. The molecule has 4 aromatic rings. The SMILES string of the molecule is COc1cc(C(C(=O)Nc2ccc3c(c2)OCO3)N(Cc2ccccc2)C(=O)CSc2nc(C)cc(C)n2)ccc1O. The molecule has 0 saturated carbocycles. The van der Waals surface area contributed by atoms with Crippen molar-refractivity contribution >= 4 is 29.3 Å². The maximum Gasteiger partial charge on any atom is 0.251 e. The summed E-state index contributed by atoms with van der Waals surface area (Å²) in [4.78, 5) is 38.5. The van der Waals surface area contributed by atoms with E-state index < -0.39 is 11.9 Å². The highest BCUT2D eigenvalue weighted by Crippen LogP contribution is 2.36. The minimum atomic E-state index is -1.08. The van der Waals surface area contributed by atoms with E-state index in [1.807, 2.05) is 50.2 Å². The summed E-state index contributed by atoms with van der Waals surface area (Å²) < 4.78 is 16.2. The number of methoxy groups -OCH3 is 1. The number of thioether (sulfide) groups is 1. The first-order valence-corrected chi connectivity index (χ1v) is 14.1. The van der Waals surface area contributed by atoms with Gasteiger partial charge in [-0.1, -0.05) is 48.2 Å². The first kappa shape index (κ1) is 28.7. The molecule has 11 heteroatoms. The molecule has 1 aliphatic rings. The van der Waals surface area contributed by atoms with E-state index in [0.717, 1.165) is 17.0 Å². The molecule has 10 nitrogen and oxygen atoms in total. The number of phenolic OH excluding ortho intramolecular Hbond substituents is 1. The minimum Gasteiger partial charge on any atom is -0.504 e. The molecule has 2 N–H and O–H groups in total. The third kappa shape index (κ3) is 6.74. The van der Waals surface area contributed by atoms with Crippen LogP contribution in [0.2, 0.25) is 0 Å². The average molecular weight is 587 g/mol. The van der Waals surface area contributed by atoms with Crippen LogP contribution in [-0.4, -0.2) is 51.4 Å². The Bertz CT molecular complexity index is 1580. The summed E-state index contributed by atoms with van der Waals surface area (Å²) in [6.45, 7) is 3.99. The van der Waals surface area contributed by atoms with Crippen LogP contribution in [0.25, 0.3) is 0 Å². The predicted molar refractivity (Wildman–Crippen MR) is 158 cm³/mol. The van der Waals surface area contributed by atoms with Crippen molar-refractivity contribution in [2.75, 3.05) is 25.0 Å². The quantitative estimate of drug-likeness (QED) is 0.194. The Balaban J connectivity index is 1.51. The van der Waals surface area contributed by atoms with Crippen LogP contribution >= 0.6 is 11.8 Å². The van der Waals surface area contributed by atoms with Crippen molar-refractivity contribution in [1.82, 2.24) is 14.9 Å². The summed E-state index contributed by atoms with van der Waals surface area (Å²) in [5.74, 6) is 0.428. The Morgan fingerprint density at radius 1 is 1.00 bits per heavy atom. The highest BCUT2D eigenvalue weighted by atomic mass is 32.2. The van der Waals surface area contributed by atoms with Crippen LogP contribution in [-0.2, 0) is 16.1 Å². The average Bonchev–Trinajstić information content (AvgIpc) is 3.44. The monoisotopic (exact) mass is 586 g/mol. The van der Waals surface area contributed by atoms with Gasteiger partial charge in [-0.2, -0.15) is 0 Å². The van der Waals surface area contributed by atoms with Gasteiger partial charge in [-0.3, -0.25) is 9.59 Å². The molecule has 2 amide bonds. The van der Waals surface area contributed by atoms with Gasteiger partial charge in [0.25, 0.3) is 5.91 Å². The second-order valence-electron chi connectivity index (χ2n) is 9.62. The molecule has 0 aliphatic carbocycles. The van der Waals surface area contributed by atoms with Gasteiger partial charge in [0.2, 0.25) is 12.7 Å². The van der Waals surface area contributed by atoms with Crippen molar-refractivity contribution in [3.63, 3.8) is 0 Å². The van der Waals surface area contributed by atoms with Crippen LogP contribution in [0, 0.1) is 13.8 Å². The van der Waals surface area contributed by atoms with Gasteiger partial charge >= 0.3 is 0 Å². The number of phenols is 1. The molecule has 5 rings (SSSR count). The standard InChI is InChI=1S/C31H30N4O6S/c1-19-13-20(2)33-31(32-19)42-17-28(37)35(16-21-7-5-4-6-8-21)29(22-9-11-24(36)26(14-22)39-3)30(38)34-23-10-12-25-27(15-23)41-18-40-25/h4-15,29,36H,16-18H2,1-3H3,(H,34,38). The van der Waals surface area contributed by atoms with Crippen molar-refractivity contribution in [2.24, 2.45) is 0 Å². The van der Waals surface area contributed by atoms with Gasteiger partial charge in [0.1, 0.15) is 6.04 Å². The number of amides is 2. The van der Waals surface area contributed by atoms with E-state index in [1.165, 1.54) is 29.8 Å². The smallest absolute Gasteiger partial charge is 0.251 e. The van der Waals surface area contributed by atoms with E-state index in [4.69, 9.17) is 14.2 Å². The zero-order chi connectivity index (χ0) is 29.6. The van der Waals surface area contributed by atoms with Gasteiger partial charge in [0.15, 0.2) is 28.2 Å². The van der Waals surface area contributed by atoms with Gasteiger partial charge in [0, 0.05) is 29.7 Å². The van der Waals surface area contributed by atoms with Crippen LogP contribution in [0.1, 0.15) is 28.6 Å². The maximum absolute atomic E-state index is 14.1. The first-order chi connectivity index (χ1) is 20.3. The normalized spacial score (nSPS) is 12.5. The van der Waals surface area contributed by atoms with Crippen molar-refractivity contribution in [3.8, 4) is 23.0 Å². The lowest BCUT2D eigenvalue weighted by atomic mass is 10.0. The highest BCUT2D eigenvalue weighted by Gasteiger charge is 2.33. The number of aryl methyl sites for hydroxylation is 2. The molecule has 3 aromatic carbocycles. The predicted octanol–water partition coefficient (Wildman–Crippen LogP) is 5.04. The number of aromatic hydroxyl groups is 1. The number of ether oxygens (including phenoxy) is 3. The van der Waals surface area contributed by atoms with Gasteiger partial charge in [-0.05, 0) is 55.3 Å². The molecular formula is C31H30N4O6S. The third-order valence-electron chi connectivity index (χ3n) is 6.52. The van der Waals surface area contributed by atoms with E-state index in [9.17, 15) is 14.7 Å². The largest absolute Gasteiger partial charge is 0.504 e. The number of aromatic nitrogens is 2. The summed E-state index contributed by atoms with van der Waals surface area (Å²) in [7, 11) is 1.42. The summed E-state index contributed by atoms with van der Waals surface area (Å²) in [5.41, 5.74) is 3.38. The van der Waals surface area contributed by atoms with Crippen LogP contribution in [0.3, 0.4) is 0 Å². The Morgan fingerprint density at radius 2 is 1.74 bits per heavy atom. The molecule has 0 spiro atoms. The number of hydrogen-bond acceptors (Lipinski definition) is 9. The summed E-state index contributed by atoms with van der Waals surface area (Å²) >= 11 is 1.21. The van der Waals surface area contributed by atoms with Crippen molar-refractivity contribution in [3.05, 3.63) is 95.3 Å². The van der Waals surface area contributed by atoms with E-state index in [2.05, 4.69) is 15.3 Å². The van der Waals surface area contributed by atoms with Crippen molar-refractivity contribution < 1.29 is 28.9 Å². The summed E-state index contributed by atoms with van der Waals surface area (Å²) in [6, 6.07) is 19.9.